The molecule has 3 aromatic rings. The molecule has 2 aromatic heterocycles. The second kappa shape index (κ2) is 9.24. The fourth-order valence-corrected chi connectivity index (χ4v) is 4.80. The van der Waals surface area contributed by atoms with Crippen LogP contribution in [0.15, 0.2) is 63.4 Å². The number of sulfonamides is 1. The van der Waals surface area contributed by atoms with E-state index in [1.807, 2.05) is 0 Å². The number of hydrogen-bond acceptors (Lipinski definition) is 7. The number of rotatable bonds is 8. The standard InChI is InChI=1S/C20H20N2O6S2/c1-3-27-20(24)18-15(16-10-7-11-28-16)13-29-19(18)21-17(23)12-22(2)30(25,26)14-8-5-4-6-9-14/h4-11,13H,3,12H2,1-2H3,(H,21,23). The van der Waals surface area contributed by atoms with Crippen LogP contribution < -0.4 is 5.32 Å². The maximum atomic E-state index is 12.6. The van der Waals surface area contributed by atoms with Crippen LogP contribution in [0.1, 0.15) is 17.3 Å². The number of hydrogen-bond donors (Lipinski definition) is 1. The van der Waals surface area contributed by atoms with E-state index in [1.54, 1.807) is 42.6 Å². The number of esters is 1. The second-order valence-electron chi connectivity index (χ2n) is 6.17. The van der Waals surface area contributed by atoms with Gasteiger partial charge in [-0.15, -0.1) is 11.3 Å². The van der Waals surface area contributed by atoms with Crippen molar-refractivity contribution in [3.63, 3.8) is 0 Å². The lowest BCUT2D eigenvalue weighted by Crippen LogP contribution is -2.35. The fourth-order valence-electron chi connectivity index (χ4n) is 2.69. The van der Waals surface area contributed by atoms with Crippen LogP contribution in [0.5, 0.6) is 0 Å². The van der Waals surface area contributed by atoms with Crippen LogP contribution in [0.25, 0.3) is 11.3 Å². The normalized spacial score (nSPS) is 11.4. The average Bonchev–Trinajstić information content (AvgIpc) is 3.38. The summed E-state index contributed by atoms with van der Waals surface area (Å²) in [5, 5.41) is 4.55. The number of thiophene rings is 1. The maximum absolute atomic E-state index is 12.6. The summed E-state index contributed by atoms with van der Waals surface area (Å²) in [5.41, 5.74) is 0.655. The van der Waals surface area contributed by atoms with Gasteiger partial charge in [0.05, 0.1) is 24.3 Å². The van der Waals surface area contributed by atoms with Crippen LogP contribution in [0.3, 0.4) is 0 Å². The van der Waals surface area contributed by atoms with Crippen LogP contribution >= 0.6 is 11.3 Å². The zero-order valence-corrected chi connectivity index (χ0v) is 18.0. The molecule has 0 bridgehead atoms. The van der Waals surface area contributed by atoms with Crippen molar-refractivity contribution in [2.75, 3.05) is 25.5 Å². The largest absolute Gasteiger partial charge is 0.464 e. The average molecular weight is 449 g/mol. The zero-order valence-electron chi connectivity index (χ0n) is 16.3. The van der Waals surface area contributed by atoms with Crippen LogP contribution in [0.4, 0.5) is 5.00 Å². The molecule has 0 aliphatic carbocycles. The number of carbonyl (C=O) groups excluding carboxylic acids is 2. The number of carbonyl (C=O) groups is 2. The Morgan fingerprint density at radius 1 is 1.17 bits per heavy atom. The van der Waals surface area contributed by atoms with Crippen molar-refractivity contribution in [2.45, 2.75) is 11.8 Å². The molecule has 30 heavy (non-hydrogen) atoms. The molecule has 8 nitrogen and oxygen atoms in total. The van der Waals surface area contributed by atoms with Crippen molar-refractivity contribution in [3.05, 3.63) is 59.7 Å². The molecule has 1 amide bonds. The first-order valence-corrected chi connectivity index (χ1v) is 11.3. The zero-order chi connectivity index (χ0) is 21.7. The molecule has 0 spiro atoms. The number of ether oxygens (including phenoxy) is 1. The number of nitrogens with zero attached hydrogens (tertiary/aromatic N) is 1. The van der Waals surface area contributed by atoms with Crippen LogP contribution in [0, 0.1) is 0 Å². The molecule has 0 atom stereocenters. The molecular formula is C20H20N2O6S2. The SMILES string of the molecule is CCOC(=O)c1c(-c2ccco2)csc1NC(=O)CN(C)S(=O)(=O)c1ccccc1. The Kier molecular flexibility index (Phi) is 6.70. The molecule has 2 heterocycles. The number of anilines is 1. The molecule has 0 saturated heterocycles. The van der Waals surface area contributed by atoms with Gasteiger partial charge in [0, 0.05) is 18.0 Å². The van der Waals surface area contributed by atoms with Crippen molar-refractivity contribution >= 4 is 38.2 Å². The summed E-state index contributed by atoms with van der Waals surface area (Å²) in [7, 11) is -2.51. The Morgan fingerprint density at radius 3 is 2.53 bits per heavy atom. The molecule has 1 N–H and O–H groups in total. The van der Waals surface area contributed by atoms with Gasteiger partial charge in [-0.05, 0) is 31.2 Å². The third-order valence-corrected chi connectivity index (χ3v) is 6.84. The first-order valence-electron chi connectivity index (χ1n) is 8.98. The van der Waals surface area contributed by atoms with Gasteiger partial charge in [0.15, 0.2) is 0 Å². The molecule has 1 aromatic carbocycles. The van der Waals surface area contributed by atoms with Gasteiger partial charge in [-0.1, -0.05) is 18.2 Å². The monoisotopic (exact) mass is 448 g/mol. The van der Waals surface area contributed by atoms with Crippen molar-refractivity contribution in [3.8, 4) is 11.3 Å². The minimum atomic E-state index is -3.82. The van der Waals surface area contributed by atoms with E-state index >= 15 is 0 Å². The first kappa shape index (κ1) is 21.8. The van der Waals surface area contributed by atoms with Crippen LogP contribution in [-0.4, -0.2) is 44.8 Å². The van der Waals surface area contributed by atoms with E-state index in [0.717, 1.165) is 15.6 Å². The highest BCUT2D eigenvalue weighted by Crippen LogP contribution is 2.36. The molecule has 0 unspecified atom stereocenters. The van der Waals surface area contributed by atoms with Crippen LogP contribution in [-0.2, 0) is 19.6 Å². The minimum Gasteiger partial charge on any atom is -0.464 e. The van der Waals surface area contributed by atoms with Crippen LogP contribution in [0.2, 0.25) is 0 Å². The van der Waals surface area contributed by atoms with Gasteiger partial charge in [-0.25, -0.2) is 13.2 Å². The lowest BCUT2D eigenvalue weighted by molar-refractivity contribution is -0.116. The highest BCUT2D eigenvalue weighted by molar-refractivity contribution is 7.89. The van der Waals surface area contributed by atoms with Gasteiger partial charge in [0.1, 0.15) is 16.3 Å². The quantitative estimate of drug-likeness (QED) is 0.529. The molecule has 0 radical (unpaired) electrons. The van der Waals surface area contributed by atoms with E-state index in [2.05, 4.69) is 5.32 Å². The summed E-state index contributed by atoms with van der Waals surface area (Å²) in [6.07, 6.45) is 1.48. The predicted molar refractivity (Wildman–Crippen MR) is 113 cm³/mol. The van der Waals surface area contributed by atoms with E-state index in [9.17, 15) is 18.0 Å². The Morgan fingerprint density at radius 2 is 1.90 bits per heavy atom. The Balaban J connectivity index is 1.80. The molecule has 0 aliphatic heterocycles. The van der Waals surface area contributed by atoms with Gasteiger partial charge in [0.25, 0.3) is 0 Å². The summed E-state index contributed by atoms with van der Waals surface area (Å²) < 4.78 is 36.6. The summed E-state index contributed by atoms with van der Waals surface area (Å²) in [4.78, 5) is 25.1. The highest BCUT2D eigenvalue weighted by Gasteiger charge is 2.26. The second-order valence-corrected chi connectivity index (χ2v) is 9.10. The molecule has 0 saturated carbocycles. The summed E-state index contributed by atoms with van der Waals surface area (Å²) >= 11 is 1.13. The number of benzene rings is 1. The highest BCUT2D eigenvalue weighted by atomic mass is 32.2. The summed E-state index contributed by atoms with van der Waals surface area (Å²) in [6.45, 7) is 1.42. The minimum absolute atomic E-state index is 0.0868. The van der Waals surface area contributed by atoms with Crippen molar-refractivity contribution in [2.24, 2.45) is 0 Å². The van der Waals surface area contributed by atoms with E-state index in [0.29, 0.717) is 11.3 Å². The lowest BCUT2D eigenvalue weighted by atomic mass is 10.1. The molecule has 3 rings (SSSR count). The first-order chi connectivity index (χ1) is 14.3. The Hall–Kier alpha value is -2.95. The van der Waals surface area contributed by atoms with E-state index in [1.165, 1.54) is 25.4 Å². The Labute approximate surface area is 178 Å². The molecule has 0 fully saturated rings. The predicted octanol–water partition coefficient (Wildman–Crippen LogP) is 3.44. The third kappa shape index (κ3) is 4.61. The smallest absolute Gasteiger partial charge is 0.341 e. The van der Waals surface area contributed by atoms with Gasteiger partial charge in [0.2, 0.25) is 15.9 Å². The topological polar surface area (TPSA) is 106 Å². The number of amides is 1. The van der Waals surface area contributed by atoms with E-state index < -0.39 is 28.4 Å². The van der Waals surface area contributed by atoms with Crippen molar-refractivity contribution < 1.29 is 27.2 Å². The van der Waals surface area contributed by atoms with Gasteiger partial charge < -0.3 is 14.5 Å². The summed E-state index contributed by atoms with van der Waals surface area (Å²) in [6, 6.07) is 11.2. The fraction of sp³-hybridized carbons (Fsp3) is 0.200. The molecule has 10 heteroatoms. The Bertz CT molecular complexity index is 1120. The van der Waals surface area contributed by atoms with E-state index in [4.69, 9.17) is 9.15 Å². The van der Waals surface area contributed by atoms with Gasteiger partial charge >= 0.3 is 5.97 Å². The number of nitrogens with one attached hydrogen (secondary N) is 1. The molecule has 158 valence electrons. The number of furan rings is 1. The molecule has 0 aliphatic rings. The lowest BCUT2D eigenvalue weighted by Gasteiger charge is -2.17. The van der Waals surface area contributed by atoms with Gasteiger partial charge in [-0.3, -0.25) is 4.79 Å². The van der Waals surface area contributed by atoms with Crippen molar-refractivity contribution in [1.82, 2.24) is 4.31 Å². The third-order valence-electron chi connectivity index (χ3n) is 4.13. The maximum Gasteiger partial charge on any atom is 0.341 e. The van der Waals surface area contributed by atoms with Crippen molar-refractivity contribution in [1.29, 1.82) is 0 Å². The van der Waals surface area contributed by atoms with E-state index in [-0.39, 0.29) is 22.1 Å². The number of likely N-dealkylation sites (N-methyl/N-ethyl adjacent to an activating group) is 1. The summed E-state index contributed by atoms with van der Waals surface area (Å²) in [5.74, 6) is -0.736. The molecular weight excluding hydrogens is 428 g/mol. The van der Waals surface area contributed by atoms with Gasteiger partial charge in [-0.2, -0.15) is 4.31 Å².